The molecule has 0 aliphatic rings. The standard InChI is InChI=1S/C25H21Br3N2O4/c1-14-8-9-15(2)23(16(14)3)33-13-22(31)30-29-12-17-10-18(26)11-21(28)24(17)34-25(32)19-6-4-5-7-20(19)27/h4-12H,13H2,1-3H3,(H,30,31)/b29-12+. The lowest BCUT2D eigenvalue weighted by Crippen LogP contribution is -2.25. The quantitative estimate of drug-likeness (QED) is 0.134. The maximum Gasteiger partial charge on any atom is 0.344 e. The molecular weight excluding hydrogens is 632 g/mol. The number of hydrazone groups is 1. The predicted molar refractivity (Wildman–Crippen MR) is 143 cm³/mol. The van der Waals surface area contributed by atoms with Gasteiger partial charge in [0.1, 0.15) is 5.75 Å². The van der Waals surface area contributed by atoms with E-state index in [4.69, 9.17) is 9.47 Å². The molecule has 0 aliphatic carbocycles. The number of ether oxygens (including phenoxy) is 2. The van der Waals surface area contributed by atoms with Gasteiger partial charge >= 0.3 is 5.97 Å². The van der Waals surface area contributed by atoms with Crippen molar-refractivity contribution in [1.82, 2.24) is 5.43 Å². The Labute approximate surface area is 223 Å². The average Bonchev–Trinajstić information content (AvgIpc) is 2.78. The fraction of sp³-hybridized carbons (Fsp3) is 0.160. The lowest BCUT2D eigenvalue weighted by molar-refractivity contribution is -0.123. The summed E-state index contributed by atoms with van der Waals surface area (Å²) in [6.07, 6.45) is 1.40. The summed E-state index contributed by atoms with van der Waals surface area (Å²) in [6, 6.07) is 14.4. The summed E-state index contributed by atoms with van der Waals surface area (Å²) < 4.78 is 13.2. The minimum absolute atomic E-state index is 0.186. The fourth-order valence-corrected chi connectivity index (χ4v) is 4.84. The SMILES string of the molecule is Cc1ccc(C)c(OCC(=O)N/N=C/c2cc(Br)cc(Br)c2OC(=O)c2ccccc2Br)c1C. The van der Waals surface area contributed by atoms with E-state index in [1.165, 1.54) is 6.21 Å². The van der Waals surface area contributed by atoms with Gasteiger partial charge in [0, 0.05) is 14.5 Å². The van der Waals surface area contributed by atoms with Crippen molar-refractivity contribution in [1.29, 1.82) is 0 Å². The number of hydrogen-bond acceptors (Lipinski definition) is 5. The molecule has 0 saturated heterocycles. The van der Waals surface area contributed by atoms with Crippen LogP contribution in [-0.2, 0) is 4.79 Å². The van der Waals surface area contributed by atoms with Crippen LogP contribution in [-0.4, -0.2) is 24.7 Å². The molecule has 1 N–H and O–H groups in total. The van der Waals surface area contributed by atoms with Gasteiger partial charge in [0.05, 0.1) is 16.3 Å². The van der Waals surface area contributed by atoms with E-state index in [1.54, 1.807) is 30.3 Å². The minimum atomic E-state index is -0.536. The first-order chi connectivity index (χ1) is 16.2. The number of carbonyl (C=O) groups is 2. The van der Waals surface area contributed by atoms with Crippen molar-refractivity contribution in [3.8, 4) is 11.5 Å². The number of aryl methyl sites for hydroxylation is 2. The van der Waals surface area contributed by atoms with E-state index < -0.39 is 11.9 Å². The molecule has 9 heteroatoms. The second kappa shape index (κ2) is 11.8. The highest BCUT2D eigenvalue weighted by Crippen LogP contribution is 2.33. The predicted octanol–water partition coefficient (Wildman–Crippen LogP) is 6.65. The molecule has 0 bridgehead atoms. The zero-order chi connectivity index (χ0) is 24.8. The molecule has 3 rings (SSSR count). The van der Waals surface area contributed by atoms with Gasteiger partial charge in [-0.05, 0) is 93.6 Å². The number of amides is 1. The van der Waals surface area contributed by atoms with E-state index in [-0.39, 0.29) is 12.4 Å². The molecule has 0 heterocycles. The molecule has 3 aromatic carbocycles. The molecular formula is C25H21Br3N2O4. The average molecular weight is 653 g/mol. The summed E-state index contributed by atoms with van der Waals surface area (Å²) in [7, 11) is 0. The van der Waals surface area contributed by atoms with Crippen molar-refractivity contribution in [3.63, 3.8) is 0 Å². The van der Waals surface area contributed by atoms with E-state index >= 15 is 0 Å². The van der Waals surface area contributed by atoms with Gasteiger partial charge < -0.3 is 9.47 Å². The van der Waals surface area contributed by atoms with Crippen LogP contribution in [0.1, 0.15) is 32.6 Å². The number of benzene rings is 3. The van der Waals surface area contributed by atoms with Gasteiger partial charge in [0.2, 0.25) is 0 Å². The highest BCUT2D eigenvalue weighted by molar-refractivity contribution is 9.11. The molecule has 1 amide bonds. The summed E-state index contributed by atoms with van der Waals surface area (Å²) in [5.41, 5.74) is 6.34. The topological polar surface area (TPSA) is 77.0 Å². The first-order valence-corrected chi connectivity index (χ1v) is 12.5. The number of rotatable bonds is 7. The Morgan fingerprint density at radius 1 is 0.941 bits per heavy atom. The zero-order valence-corrected chi connectivity index (χ0v) is 23.4. The zero-order valence-electron chi connectivity index (χ0n) is 18.6. The highest BCUT2D eigenvalue weighted by Gasteiger charge is 2.17. The van der Waals surface area contributed by atoms with Crippen molar-refractivity contribution in [2.24, 2.45) is 5.10 Å². The molecule has 0 radical (unpaired) electrons. The van der Waals surface area contributed by atoms with Crippen molar-refractivity contribution in [2.75, 3.05) is 6.61 Å². The van der Waals surface area contributed by atoms with Crippen LogP contribution in [0.5, 0.6) is 11.5 Å². The first-order valence-electron chi connectivity index (χ1n) is 10.1. The smallest absolute Gasteiger partial charge is 0.344 e. The fourth-order valence-electron chi connectivity index (χ4n) is 3.05. The normalized spacial score (nSPS) is 10.9. The van der Waals surface area contributed by atoms with Crippen LogP contribution in [0.25, 0.3) is 0 Å². The summed E-state index contributed by atoms with van der Waals surface area (Å²) >= 11 is 10.2. The summed E-state index contributed by atoms with van der Waals surface area (Å²) in [5.74, 6) is 0.00407. The van der Waals surface area contributed by atoms with Crippen LogP contribution in [0, 0.1) is 20.8 Å². The number of hydrogen-bond donors (Lipinski definition) is 1. The summed E-state index contributed by atoms with van der Waals surface area (Å²) in [6.45, 7) is 5.69. The Morgan fingerprint density at radius 2 is 1.65 bits per heavy atom. The number of halogens is 3. The summed E-state index contributed by atoms with van der Waals surface area (Å²) in [4.78, 5) is 25.0. The highest BCUT2D eigenvalue weighted by atomic mass is 79.9. The third-order valence-corrected chi connectivity index (χ3v) is 6.68. The number of carbonyl (C=O) groups excluding carboxylic acids is 2. The third-order valence-electron chi connectivity index (χ3n) is 4.94. The van der Waals surface area contributed by atoms with Crippen LogP contribution in [0.3, 0.4) is 0 Å². The van der Waals surface area contributed by atoms with Gasteiger partial charge in [-0.15, -0.1) is 0 Å². The van der Waals surface area contributed by atoms with E-state index in [0.717, 1.165) is 21.2 Å². The van der Waals surface area contributed by atoms with Gasteiger partial charge in [-0.1, -0.05) is 40.2 Å². The van der Waals surface area contributed by atoms with Gasteiger partial charge in [0.15, 0.2) is 12.4 Å². The molecule has 6 nitrogen and oxygen atoms in total. The number of esters is 1. The lowest BCUT2D eigenvalue weighted by Gasteiger charge is -2.13. The van der Waals surface area contributed by atoms with Crippen LogP contribution < -0.4 is 14.9 Å². The van der Waals surface area contributed by atoms with Gasteiger partial charge in [0.25, 0.3) is 5.91 Å². The van der Waals surface area contributed by atoms with Crippen LogP contribution in [0.15, 0.2) is 67.1 Å². The van der Waals surface area contributed by atoms with Crippen molar-refractivity contribution in [2.45, 2.75) is 20.8 Å². The van der Waals surface area contributed by atoms with E-state index in [2.05, 4.69) is 58.3 Å². The monoisotopic (exact) mass is 650 g/mol. The Kier molecular flexibility index (Phi) is 9.04. The maximum atomic E-state index is 12.7. The molecule has 3 aromatic rings. The molecule has 0 unspecified atom stereocenters. The number of nitrogens with one attached hydrogen (secondary N) is 1. The summed E-state index contributed by atoms with van der Waals surface area (Å²) in [5, 5.41) is 4.01. The molecule has 0 aliphatic heterocycles. The second-order valence-corrected chi connectivity index (χ2v) is 10.0. The van der Waals surface area contributed by atoms with Gasteiger partial charge in [-0.25, -0.2) is 10.2 Å². The minimum Gasteiger partial charge on any atom is -0.483 e. The Bertz CT molecular complexity index is 1280. The molecule has 34 heavy (non-hydrogen) atoms. The van der Waals surface area contributed by atoms with Crippen LogP contribution in [0.4, 0.5) is 0 Å². The Balaban J connectivity index is 1.71. The first kappa shape index (κ1) is 26.1. The third kappa shape index (κ3) is 6.55. The van der Waals surface area contributed by atoms with E-state index in [1.807, 2.05) is 39.0 Å². The number of nitrogens with zero attached hydrogens (tertiary/aromatic N) is 1. The molecule has 0 spiro atoms. The van der Waals surface area contributed by atoms with E-state index in [9.17, 15) is 9.59 Å². The van der Waals surface area contributed by atoms with Crippen LogP contribution in [0.2, 0.25) is 0 Å². The van der Waals surface area contributed by atoms with Crippen LogP contribution >= 0.6 is 47.8 Å². The van der Waals surface area contributed by atoms with Gasteiger partial charge in [-0.2, -0.15) is 5.10 Å². The Morgan fingerprint density at radius 3 is 2.38 bits per heavy atom. The molecule has 0 atom stereocenters. The lowest BCUT2D eigenvalue weighted by atomic mass is 10.1. The van der Waals surface area contributed by atoms with Crippen molar-refractivity contribution < 1.29 is 19.1 Å². The maximum absolute atomic E-state index is 12.7. The second-order valence-electron chi connectivity index (χ2n) is 7.41. The molecule has 0 fully saturated rings. The molecule has 0 saturated carbocycles. The van der Waals surface area contributed by atoms with Crippen molar-refractivity contribution in [3.05, 3.63) is 89.8 Å². The molecule has 176 valence electrons. The van der Waals surface area contributed by atoms with Crippen molar-refractivity contribution >= 4 is 65.9 Å². The van der Waals surface area contributed by atoms with E-state index in [0.29, 0.717) is 25.8 Å². The molecule has 0 aromatic heterocycles. The Hall–Kier alpha value is -2.49. The van der Waals surface area contributed by atoms with Gasteiger partial charge in [-0.3, -0.25) is 4.79 Å². The largest absolute Gasteiger partial charge is 0.483 e.